The molecule has 0 unspecified atom stereocenters. The fourth-order valence-electron chi connectivity index (χ4n) is 2.00. The zero-order chi connectivity index (χ0) is 19.0. The molecule has 0 aromatic heterocycles. The van der Waals surface area contributed by atoms with Crippen LogP contribution >= 0.6 is 11.6 Å². The third-order valence-electron chi connectivity index (χ3n) is 3.31. The van der Waals surface area contributed by atoms with Gasteiger partial charge in [0.25, 0.3) is 5.91 Å². The van der Waals surface area contributed by atoms with Gasteiger partial charge >= 0.3 is 0 Å². The van der Waals surface area contributed by atoms with Crippen LogP contribution in [0.3, 0.4) is 0 Å². The number of halogens is 1. The molecule has 7 nitrogen and oxygen atoms in total. The molecule has 2 aromatic rings. The molecule has 0 heterocycles. The molecular formula is C17H18ClN3O4S. The van der Waals surface area contributed by atoms with Gasteiger partial charge in [0.2, 0.25) is 15.9 Å². The van der Waals surface area contributed by atoms with Crippen LogP contribution in [0.4, 0.5) is 0 Å². The van der Waals surface area contributed by atoms with E-state index in [9.17, 15) is 18.0 Å². The van der Waals surface area contributed by atoms with Gasteiger partial charge in [-0.3, -0.25) is 9.59 Å². The van der Waals surface area contributed by atoms with Gasteiger partial charge in [-0.25, -0.2) is 13.1 Å². The van der Waals surface area contributed by atoms with Crippen molar-refractivity contribution in [2.45, 2.75) is 4.90 Å². The molecule has 0 saturated heterocycles. The molecule has 0 aliphatic carbocycles. The van der Waals surface area contributed by atoms with Crippen LogP contribution in [0, 0.1) is 0 Å². The molecule has 0 atom stereocenters. The van der Waals surface area contributed by atoms with E-state index in [0.29, 0.717) is 10.6 Å². The number of hydrogen-bond acceptors (Lipinski definition) is 4. The Morgan fingerprint density at radius 1 is 0.885 bits per heavy atom. The maximum Gasteiger partial charge on any atom is 0.251 e. The van der Waals surface area contributed by atoms with Crippen LogP contribution in [-0.4, -0.2) is 39.9 Å². The summed E-state index contributed by atoms with van der Waals surface area (Å²) in [6.45, 7) is -0.0894. The number of carbonyl (C=O) groups excluding carboxylic acids is 2. The highest BCUT2D eigenvalue weighted by molar-refractivity contribution is 7.89. The number of hydrogen-bond donors (Lipinski definition) is 3. The molecule has 138 valence electrons. The van der Waals surface area contributed by atoms with Gasteiger partial charge in [-0.1, -0.05) is 29.8 Å². The van der Waals surface area contributed by atoms with E-state index in [1.165, 1.54) is 24.3 Å². The highest BCUT2D eigenvalue weighted by atomic mass is 35.5. The summed E-state index contributed by atoms with van der Waals surface area (Å²) in [4.78, 5) is 23.6. The van der Waals surface area contributed by atoms with Crippen LogP contribution in [-0.2, 0) is 14.8 Å². The van der Waals surface area contributed by atoms with Gasteiger partial charge in [0.05, 0.1) is 11.4 Å². The molecule has 2 amide bonds. The maximum atomic E-state index is 12.0. The third-order valence-corrected chi connectivity index (χ3v) is 5.04. The number of amides is 2. The minimum Gasteiger partial charge on any atom is -0.353 e. The van der Waals surface area contributed by atoms with Crippen molar-refractivity contribution in [3.8, 4) is 0 Å². The second kappa shape index (κ2) is 9.33. The van der Waals surface area contributed by atoms with Gasteiger partial charge in [-0.2, -0.15) is 0 Å². The monoisotopic (exact) mass is 395 g/mol. The predicted octanol–water partition coefficient (Wildman–Crippen LogP) is 1.16. The van der Waals surface area contributed by atoms with Crippen molar-refractivity contribution in [3.63, 3.8) is 0 Å². The SMILES string of the molecule is O=C(CNC(=O)c1ccccc1)NCCNS(=O)(=O)c1ccc(Cl)cc1. The van der Waals surface area contributed by atoms with Crippen LogP contribution in [0.2, 0.25) is 5.02 Å². The van der Waals surface area contributed by atoms with Gasteiger partial charge in [0.1, 0.15) is 0 Å². The quantitative estimate of drug-likeness (QED) is 0.583. The minimum absolute atomic E-state index is 0.0172. The summed E-state index contributed by atoms with van der Waals surface area (Å²) in [5.74, 6) is -0.774. The molecule has 0 spiro atoms. The molecule has 2 rings (SSSR count). The van der Waals surface area contributed by atoms with Crippen LogP contribution < -0.4 is 15.4 Å². The second-order valence-electron chi connectivity index (χ2n) is 5.25. The number of nitrogens with one attached hydrogen (secondary N) is 3. The molecule has 3 N–H and O–H groups in total. The first-order valence-electron chi connectivity index (χ1n) is 7.74. The molecule has 26 heavy (non-hydrogen) atoms. The van der Waals surface area contributed by atoms with Gasteiger partial charge in [0.15, 0.2) is 0 Å². The average Bonchev–Trinajstić information content (AvgIpc) is 2.64. The lowest BCUT2D eigenvalue weighted by Gasteiger charge is -2.09. The first-order chi connectivity index (χ1) is 12.4. The fourth-order valence-corrected chi connectivity index (χ4v) is 3.16. The first kappa shape index (κ1) is 19.9. The van der Waals surface area contributed by atoms with E-state index in [0.717, 1.165) is 0 Å². The maximum absolute atomic E-state index is 12.0. The normalized spacial score (nSPS) is 11.0. The van der Waals surface area contributed by atoms with Gasteiger partial charge in [-0.05, 0) is 36.4 Å². The molecule has 0 aliphatic rings. The lowest BCUT2D eigenvalue weighted by Crippen LogP contribution is -2.40. The molecule has 9 heteroatoms. The summed E-state index contributed by atoms with van der Waals surface area (Å²) < 4.78 is 26.4. The summed E-state index contributed by atoms with van der Waals surface area (Å²) in [6, 6.07) is 14.3. The molecule has 0 saturated carbocycles. The Kier molecular flexibility index (Phi) is 7.14. The Balaban J connectivity index is 1.70. The van der Waals surface area contributed by atoms with E-state index < -0.39 is 15.9 Å². The van der Waals surface area contributed by atoms with Crippen molar-refractivity contribution in [1.82, 2.24) is 15.4 Å². The highest BCUT2D eigenvalue weighted by Gasteiger charge is 2.13. The van der Waals surface area contributed by atoms with Crippen molar-refractivity contribution < 1.29 is 18.0 Å². The Labute approximate surface area is 156 Å². The number of carbonyl (C=O) groups is 2. The summed E-state index contributed by atoms with van der Waals surface area (Å²) >= 11 is 5.72. The lowest BCUT2D eigenvalue weighted by molar-refractivity contribution is -0.120. The third kappa shape index (κ3) is 6.14. The molecule has 0 radical (unpaired) electrons. The van der Waals surface area contributed by atoms with Gasteiger partial charge in [0, 0.05) is 23.7 Å². The Morgan fingerprint density at radius 2 is 1.54 bits per heavy atom. The van der Waals surface area contributed by atoms with E-state index >= 15 is 0 Å². The van der Waals surface area contributed by atoms with Crippen molar-refractivity contribution in [1.29, 1.82) is 0 Å². The number of benzene rings is 2. The molecule has 0 bridgehead atoms. The molecule has 0 aliphatic heterocycles. The molecule has 0 fully saturated rings. The Morgan fingerprint density at radius 3 is 2.19 bits per heavy atom. The zero-order valence-corrected chi connectivity index (χ0v) is 15.3. The van der Waals surface area contributed by atoms with E-state index in [-0.39, 0.29) is 30.4 Å². The smallest absolute Gasteiger partial charge is 0.251 e. The fraction of sp³-hybridized carbons (Fsp3) is 0.176. The summed E-state index contributed by atoms with van der Waals surface area (Å²) in [5, 5.41) is 5.44. The average molecular weight is 396 g/mol. The van der Waals surface area contributed by atoms with E-state index in [4.69, 9.17) is 11.6 Å². The number of sulfonamides is 1. The first-order valence-corrected chi connectivity index (χ1v) is 9.60. The van der Waals surface area contributed by atoms with Crippen LogP contribution in [0.25, 0.3) is 0 Å². The number of rotatable bonds is 8. The Bertz CT molecular complexity index is 855. The predicted molar refractivity (Wildman–Crippen MR) is 98.4 cm³/mol. The highest BCUT2D eigenvalue weighted by Crippen LogP contribution is 2.13. The standard InChI is InChI=1S/C17H18ClN3O4S/c18-14-6-8-15(9-7-14)26(24,25)21-11-10-19-16(22)12-20-17(23)13-4-2-1-3-5-13/h1-9,21H,10-12H2,(H,19,22)(H,20,23). The van der Waals surface area contributed by atoms with E-state index in [1.54, 1.807) is 30.3 Å². The Hall–Kier alpha value is -2.42. The van der Waals surface area contributed by atoms with Crippen LogP contribution in [0.15, 0.2) is 59.5 Å². The lowest BCUT2D eigenvalue weighted by atomic mass is 10.2. The molecule has 2 aromatic carbocycles. The van der Waals surface area contributed by atoms with Crippen molar-refractivity contribution in [2.24, 2.45) is 0 Å². The largest absolute Gasteiger partial charge is 0.353 e. The van der Waals surface area contributed by atoms with Crippen molar-refractivity contribution in [2.75, 3.05) is 19.6 Å². The zero-order valence-electron chi connectivity index (χ0n) is 13.7. The summed E-state index contributed by atoms with van der Waals surface area (Å²) in [7, 11) is -3.67. The second-order valence-corrected chi connectivity index (χ2v) is 7.45. The van der Waals surface area contributed by atoms with E-state index in [2.05, 4.69) is 15.4 Å². The molecular weight excluding hydrogens is 378 g/mol. The summed E-state index contributed by atoms with van der Waals surface area (Å²) in [5.41, 5.74) is 0.455. The van der Waals surface area contributed by atoms with E-state index in [1.807, 2.05) is 0 Å². The minimum atomic E-state index is -3.67. The van der Waals surface area contributed by atoms with Gasteiger partial charge < -0.3 is 10.6 Å². The van der Waals surface area contributed by atoms with Crippen molar-refractivity contribution >= 4 is 33.4 Å². The van der Waals surface area contributed by atoms with Gasteiger partial charge in [-0.15, -0.1) is 0 Å². The topological polar surface area (TPSA) is 104 Å². The summed E-state index contributed by atoms with van der Waals surface area (Å²) in [6.07, 6.45) is 0. The van der Waals surface area contributed by atoms with Crippen LogP contribution in [0.1, 0.15) is 10.4 Å². The van der Waals surface area contributed by atoms with Crippen LogP contribution in [0.5, 0.6) is 0 Å². The van der Waals surface area contributed by atoms with Crippen molar-refractivity contribution in [3.05, 3.63) is 65.2 Å².